The Labute approximate surface area is 113 Å². The molecule has 2 aromatic carbocycles. The van der Waals surface area contributed by atoms with Crippen molar-refractivity contribution in [2.45, 2.75) is 12.6 Å². The summed E-state index contributed by atoms with van der Waals surface area (Å²) in [6.45, 7) is 0. The summed E-state index contributed by atoms with van der Waals surface area (Å²) in [5.41, 5.74) is 0.691. The van der Waals surface area contributed by atoms with Crippen LogP contribution >= 0.6 is 0 Å². The average molecular weight is 279 g/mol. The van der Waals surface area contributed by atoms with Crippen LogP contribution < -0.4 is 0 Å². The summed E-state index contributed by atoms with van der Waals surface area (Å²) >= 11 is 0. The van der Waals surface area contributed by atoms with E-state index in [1.54, 1.807) is 0 Å². The van der Waals surface area contributed by atoms with Gasteiger partial charge in [-0.1, -0.05) is 18.2 Å². The Bertz CT molecular complexity index is 651. The zero-order valence-corrected chi connectivity index (χ0v) is 10.2. The van der Waals surface area contributed by atoms with Crippen LogP contribution in [0.2, 0.25) is 0 Å². The first kappa shape index (κ1) is 14.1. The van der Waals surface area contributed by atoms with E-state index in [4.69, 9.17) is 5.26 Å². The molecule has 1 nitrogen and oxygen atoms in total. The largest absolute Gasteiger partial charge is 0.416 e. The second kappa shape index (κ2) is 5.33. The van der Waals surface area contributed by atoms with Gasteiger partial charge in [0.25, 0.3) is 0 Å². The molecule has 0 N–H and O–H groups in total. The molecule has 0 fully saturated rings. The van der Waals surface area contributed by atoms with Crippen molar-refractivity contribution < 1.29 is 17.6 Å². The standard InChI is InChI=1S/C15H9F4N/c16-13-6-3-11(7-8-20)14(9-13)10-1-4-12(5-2-10)15(17,18)19/h1-6,9H,7H2. The molecule has 0 heterocycles. The highest BCUT2D eigenvalue weighted by Gasteiger charge is 2.30. The van der Waals surface area contributed by atoms with E-state index in [2.05, 4.69) is 0 Å². The van der Waals surface area contributed by atoms with Gasteiger partial charge in [-0.15, -0.1) is 0 Å². The van der Waals surface area contributed by atoms with Gasteiger partial charge in [-0.2, -0.15) is 18.4 Å². The third-order valence-corrected chi connectivity index (χ3v) is 2.86. The number of hydrogen-bond donors (Lipinski definition) is 0. The number of halogens is 4. The van der Waals surface area contributed by atoms with Crippen molar-refractivity contribution in [2.75, 3.05) is 0 Å². The number of benzene rings is 2. The Morgan fingerprint density at radius 3 is 2.20 bits per heavy atom. The molecule has 0 atom stereocenters. The van der Waals surface area contributed by atoms with Crippen LogP contribution in [0.5, 0.6) is 0 Å². The summed E-state index contributed by atoms with van der Waals surface area (Å²) in [5, 5.41) is 8.72. The first-order chi connectivity index (χ1) is 9.41. The van der Waals surface area contributed by atoms with Crippen LogP contribution in [0.3, 0.4) is 0 Å². The number of rotatable bonds is 2. The van der Waals surface area contributed by atoms with Gasteiger partial charge in [0, 0.05) is 0 Å². The van der Waals surface area contributed by atoms with Crippen molar-refractivity contribution in [1.82, 2.24) is 0 Å². The second-order valence-electron chi connectivity index (χ2n) is 4.21. The van der Waals surface area contributed by atoms with Crippen molar-refractivity contribution in [3.8, 4) is 17.2 Å². The predicted octanol–water partition coefficient (Wildman–Crippen LogP) is 4.58. The molecule has 102 valence electrons. The van der Waals surface area contributed by atoms with Gasteiger partial charge in [0.1, 0.15) is 5.82 Å². The van der Waals surface area contributed by atoms with Crippen molar-refractivity contribution in [1.29, 1.82) is 5.26 Å². The zero-order chi connectivity index (χ0) is 14.8. The van der Waals surface area contributed by atoms with Gasteiger partial charge >= 0.3 is 6.18 Å². The van der Waals surface area contributed by atoms with E-state index in [0.717, 1.165) is 12.1 Å². The Kier molecular flexibility index (Phi) is 3.75. The molecule has 0 unspecified atom stereocenters. The minimum absolute atomic E-state index is 0.0661. The van der Waals surface area contributed by atoms with Crippen LogP contribution in [0.15, 0.2) is 42.5 Å². The maximum Gasteiger partial charge on any atom is 0.416 e. The molecule has 2 rings (SSSR count). The van der Waals surface area contributed by atoms with E-state index in [0.29, 0.717) is 16.7 Å². The minimum Gasteiger partial charge on any atom is -0.207 e. The van der Waals surface area contributed by atoms with Crippen molar-refractivity contribution >= 4 is 0 Å². The van der Waals surface area contributed by atoms with Crippen molar-refractivity contribution in [3.63, 3.8) is 0 Å². The highest BCUT2D eigenvalue weighted by atomic mass is 19.4. The smallest absolute Gasteiger partial charge is 0.207 e. The maximum absolute atomic E-state index is 13.3. The lowest BCUT2D eigenvalue weighted by Crippen LogP contribution is -2.04. The molecular weight excluding hydrogens is 270 g/mol. The SMILES string of the molecule is N#CCc1ccc(F)cc1-c1ccc(C(F)(F)F)cc1. The molecule has 0 radical (unpaired) electrons. The molecule has 0 saturated carbocycles. The van der Waals surface area contributed by atoms with E-state index >= 15 is 0 Å². The van der Waals surface area contributed by atoms with Gasteiger partial charge in [-0.25, -0.2) is 4.39 Å². The van der Waals surface area contributed by atoms with Crippen molar-refractivity contribution in [3.05, 3.63) is 59.4 Å². The van der Waals surface area contributed by atoms with E-state index in [1.165, 1.54) is 30.3 Å². The monoisotopic (exact) mass is 279 g/mol. The molecule has 0 spiro atoms. The lowest BCUT2D eigenvalue weighted by molar-refractivity contribution is -0.137. The molecule has 0 aliphatic rings. The van der Waals surface area contributed by atoms with E-state index in [9.17, 15) is 17.6 Å². The zero-order valence-electron chi connectivity index (χ0n) is 10.2. The Balaban J connectivity index is 2.46. The average Bonchev–Trinajstić information content (AvgIpc) is 2.40. The fourth-order valence-corrected chi connectivity index (χ4v) is 1.90. The van der Waals surface area contributed by atoms with Crippen LogP contribution in [0.4, 0.5) is 17.6 Å². The lowest BCUT2D eigenvalue weighted by Gasteiger charge is -2.10. The maximum atomic E-state index is 13.3. The summed E-state index contributed by atoms with van der Waals surface area (Å²) in [6, 6.07) is 10.3. The molecule has 0 aliphatic carbocycles. The molecular formula is C15H9F4N. The Morgan fingerprint density at radius 1 is 1.00 bits per heavy atom. The second-order valence-corrected chi connectivity index (χ2v) is 4.21. The highest BCUT2D eigenvalue weighted by Crippen LogP contribution is 2.32. The third kappa shape index (κ3) is 2.97. The van der Waals surface area contributed by atoms with Crippen molar-refractivity contribution in [2.24, 2.45) is 0 Å². The van der Waals surface area contributed by atoms with Crippen LogP contribution in [-0.4, -0.2) is 0 Å². The summed E-state index contributed by atoms with van der Waals surface area (Å²) in [5.74, 6) is -0.499. The Hall–Kier alpha value is -2.35. The number of hydrogen-bond acceptors (Lipinski definition) is 1. The van der Waals surface area contributed by atoms with Gasteiger partial charge in [-0.3, -0.25) is 0 Å². The topological polar surface area (TPSA) is 23.8 Å². The van der Waals surface area contributed by atoms with Gasteiger partial charge in [0.2, 0.25) is 0 Å². The third-order valence-electron chi connectivity index (χ3n) is 2.86. The van der Waals surface area contributed by atoms with Crippen LogP contribution in [0, 0.1) is 17.1 Å². The summed E-state index contributed by atoms with van der Waals surface area (Å²) in [7, 11) is 0. The van der Waals surface area contributed by atoms with Gasteiger partial charge in [0.15, 0.2) is 0 Å². The Morgan fingerprint density at radius 2 is 1.65 bits per heavy atom. The van der Waals surface area contributed by atoms with Crippen LogP contribution in [0.25, 0.3) is 11.1 Å². The molecule has 2 aromatic rings. The summed E-state index contributed by atoms with van der Waals surface area (Å²) in [4.78, 5) is 0. The quantitative estimate of drug-likeness (QED) is 0.738. The molecule has 0 aromatic heterocycles. The van der Waals surface area contributed by atoms with Gasteiger partial charge in [0.05, 0.1) is 18.1 Å². The minimum atomic E-state index is -4.41. The van der Waals surface area contributed by atoms with Crippen LogP contribution in [-0.2, 0) is 12.6 Å². The van der Waals surface area contributed by atoms with Gasteiger partial charge in [-0.05, 0) is 41.0 Å². The van der Waals surface area contributed by atoms with E-state index < -0.39 is 17.6 Å². The first-order valence-electron chi connectivity index (χ1n) is 5.75. The summed E-state index contributed by atoms with van der Waals surface area (Å²) in [6.07, 6.45) is -4.34. The fourth-order valence-electron chi connectivity index (χ4n) is 1.90. The predicted molar refractivity (Wildman–Crippen MR) is 66.2 cm³/mol. The molecule has 0 aliphatic heterocycles. The number of alkyl halides is 3. The first-order valence-corrected chi connectivity index (χ1v) is 5.75. The molecule has 5 heteroatoms. The van der Waals surface area contributed by atoms with E-state index in [-0.39, 0.29) is 6.42 Å². The lowest BCUT2D eigenvalue weighted by atomic mass is 9.97. The normalized spacial score (nSPS) is 11.2. The highest BCUT2D eigenvalue weighted by molar-refractivity contribution is 5.68. The number of nitrogens with zero attached hydrogens (tertiary/aromatic N) is 1. The van der Waals surface area contributed by atoms with Gasteiger partial charge < -0.3 is 0 Å². The molecule has 0 amide bonds. The molecule has 0 bridgehead atoms. The fraction of sp³-hybridized carbons (Fsp3) is 0.133. The van der Waals surface area contributed by atoms with E-state index in [1.807, 2.05) is 6.07 Å². The molecule has 20 heavy (non-hydrogen) atoms. The summed E-state index contributed by atoms with van der Waals surface area (Å²) < 4.78 is 50.7. The number of nitriles is 1. The van der Waals surface area contributed by atoms with Crippen LogP contribution in [0.1, 0.15) is 11.1 Å². The molecule has 0 saturated heterocycles.